The Bertz CT molecular complexity index is 1210. The Kier molecular flexibility index (Phi) is 5.07. The van der Waals surface area contributed by atoms with Gasteiger partial charge in [-0.25, -0.2) is 13.2 Å². The molecule has 1 aliphatic rings. The first-order valence-electron chi connectivity index (χ1n) is 9.34. The van der Waals surface area contributed by atoms with Crippen molar-refractivity contribution in [2.45, 2.75) is 24.3 Å². The van der Waals surface area contributed by atoms with Crippen LogP contribution in [0.3, 0.4) is 0 Å². The number of ether oxygens (including phenoxy) is 1. The van der Waals surface area contributed by atoms with Gasteiger partial charge in [0.2, 0.25) is 0 Å². The largest absolute Gasteiger partial charge is 0.460 e. The number of benzene rings is 3. The first-order valence-corrected chi connectivity index (χ1v) is 10.8. The number of hydrogen-bond donors (Lipinski definition) is 1. The first-order chi connectivity index (χ1) is 14.0. The number of carbonyl (C=O) groups is 1. The van der Waals surface area contributed by atoms with Crippen molar-refractivity contribution in [3.63, 3.8) is 0 Å². The van der Waals surface area contributed by atoms with Crippen molar-refractivity contribution in [1.82, 2.24) is 4.72 Å². The number of hydrogen-bond acceptors (Lipinski definition) is 5. The fraction of sp³-hybridized carbons (Fsp3) is 0.182. The number of esters is 1. The third-order valence-electron chi connectivity index (χ3n) is 4.86. The lowest BCUT2D eigenvalue weighted by atomic mass is 10.0. The quantitative estimate of drug-likeness (QED) is 0.655. The number of fused-ring (bicyclic) bond motifs is 2. The second-order valence-corrected chi connectivity index (χ2v) is 8.42. The Hall–Kier alpha value is -3.19. The lowest BCUT2D eigenvalue weighted by Crippen LogP contribution is -2.26. The van der Waals surface area contributed by atoms with Crippen molar-refractivity contribution in [3.8, 4) is 0 Å². The van der Waals surface area contributed by atoms with Crippen LogP contribution in [0.1, 0.15) is 29.3 Å². The third kappa shape index (κ3) is 3.73. The van der Waals surface area contributed by atoms with E-state index < -0.39 is 16.0 Å². The van der Waals surface area contributed by atoms with Crippen LogP contribution in [-0.4, -0.2) is 32.9 Å². The summed E-state index contributed by atoms with van der Waals surface area (Å²) in [6.45, 7) is 1.97. The molecule has 0 aromatic heterocycles. The van der Waals surface area contributed by atoms with Gasteiger partial charge in [0.25, 0.3) is 10.0 Å². The number of amidine groups is 1. The number of aliphatic imine (C=N–C) groups is 1. The molecular weight excluding hydrogens is 388 g/mol. The Morgan fingerprint density at radius 3 is 2.59 bits per heavy atom. The first kappa shape index (κ1) is 19.1. The van der Waals surface area contributed by atoms with Gasteiger partial charge < -0.3 is 4.74 Å². The Morgan fingerprint density at radius 2 is 1.76 bits per heavy atom. The van der Waals surface area contributed by atoms with Crippen molar-refractivity contribution >= 4 is 32.6 Å². The monoisotopic (exact) mass is 408 g/mol. The molecule has 7 heteroatoms. The SMILES string of the molecule is CCC(COC(=O)c1cccc2ccccc12)N=C1NS(=O)(=O)c2ccccc21. The summed E-state index contributed by atoms with van der Waals surface area (Å²) in [6, 6.07) is 19.4. The van der Waals surface area contributed by atoms with Crippen LogP contribution < -0.4 is 4.72 Å². The van der Waals surface area contributed by atoms with Gasteiger partial charge >= 0.3 is 5.97 Å². The van der Waals surface area contributed by atoms with E-state index in [1.54, 1.807) is 30.3 Å². The van der Waals surface area contributed by atoms with Gasteiger partial charge in [-0.3, -0.25) is 9.71 Å². The molecule has 4 rings (SSSR count). The van der Waals surface area contributed by atoms with E-state index in [1.165, 1.54) is 0 Å². The van der Waals surface area contributed by atoms with Crippen molar-refractivity contribution in [1.29, 1.82) is 0 Å². The van der Waals surface area contributed by atoms with Gasteiger partial charge in [0, 0.05) is 5.56 Å². The van der Waals surface area contributed by atoms with Crippen LogP contribution in [-0.2, 0) is 14.8 Å². The minimum Gasteiger partial charge on any atom is -0.460 e. The maximum atomic E-state index is 12.6. The minimum absolute atomic E-state index is 0.0615. The highest BCUT2D eigenvalue weighted by atomic mass is 32.2. The van der Waals surface area contributed by atoms with Crippen molar-refractivity contribution in [3.05, 3.63) is 77.9 Å². The van der Waals surface area contributed by atoms with E-state index >= 15 is 0 Å². The van der Waals surface area contributed by atoms with Crippen molar-refractivity contribution in [2.75, 3.05) is 6.61 Å². The van der Waals surface area contributed by atoms with Crippen LogP contribution in [0.15, 0.2) is 76.6 Å². The normalized spacial score (nSPS) is 16.9. The molecule has 29 heavy (non-hydrogen) atoms. The zero-order valence-corrected chi connectivity index (χ0v) is 16.6. The molecule has 0 fully saturated rings. The van der Waals surface area contributed by atoms with E-state index in [1.807, 2.05) is 43.3 Å². The van der Waals surface area contributed by atoms with E-state index in [2.05, 4.69) is 9.71 Å². The van der Waals surface area contributed by atoms with Gasteiger partial charge in [-0.1, -0.05) is 55.5 Å². The molecule has 0 bridgehead atoms. The third-order valence-corrected chi connectivity index (χ3v) is 6.26. The van der Waals surface area contributed by atoms with Gasteiger partial charge in [0.05, 0.1) is 16.5 Å². The van der Waals surface area contributed by atoms with Crippen LogP contribution in [0, 0.1) is 0 Å². The zero-order chi connectivity index (χ0) is 20.4. The van der Waals surface area contributed by atoms with E-state index in [9.17, 15) is 13.2 Å². The number of sulfonamides is 1. The van der Waals surface area contributed by atoms with Crippen molar-refractivity contribution < 1.29 is 17.9 Å². The van der Waals surface area contributed by atoms with E-state index in [4.69, 9.17) is 4.74 Å². The number of rotatable bonds is 5. The molecule has 0 radical (unpaired) electrons. The highest BCUT2D eigenvalue weighted by molar-refractivity contribution is 7.90. The van der Waals surface area contributed by atoms with E-state index in [0.717, 1.165) is 10.8 Å². The van der Waals surface area contributed by atoms with Crippen LogP contribution in [0.25, 0.3) is 10.8 Å². The molecule has 6 nitrogen and oxygen atoms in total. The maximum Gasteiger partial charge on any atom is 0.338 e. The molecule has 0 amide bonds. The summed E-state index contributed by atoms with van der Waals surface area (Å²) in [7, 11) is -3.60. The van der Waals surface area contributed by atoms with Gasteiger partial charge in [-0.05, 0) is 35.4 Å². The summed E-state index contributed by atoms with van der Waals surface area (Å²) < 4.78 is 32.5. The van der Waals surface area contributed by atoms with E-state index in [-0.39, 0.29) is 23.4 Å². The fourth-order valence-electron chi connectivity index (χ4n) is 3.31. The summed E-state index contributed by atoms with van der Waals surface area (Å²) in [5.41, 5.74) is 1.03. The number of nitrogens with one attached hydrogen (secondary N) is 1. The number of carbonyl (C=O) groups excluding carboxylic acids is 1. The van der Waals surface area contributed by atoms with Crippen LogP contribution in [0.4, 0.5) is 0 Å². The summed E-state index contributed by atoms with van der Waals surface area (Å²) >= 11 is 0. The molecule has 0 saturated carbocycles. The molecule has 3 aromatic carbocycles. The molecule has 1 unspecified atom stereocenters. The van der Waals surface area contributed by atoms with Gasteiger partial charge in [0.15, 0.2) is 0 Å². The zero-order valence-electron chi connectivity index (χ0n) is 15.8. The van der Waals surface area contributed by atoms with E-state index in [0.29, 0.717) is 17.5 Å². The molecule has 1 N–H and O–H groups in total. The average molecular weight is 408 g/mol. The summed E-state index contributed by atoms with van der Waals surface area (Å²) in [5.74, 6) is -0.137. The minimum atomic E-state index is -3.60. The molecular formula is C22H20N2O4S. The van der Waals surface area contributed by atoms with Gasteiger partial charge in [-0.2, -0.15) is 0 Å². The van der Waals surface area contributed by atoms with Crippen LogP contribution >= 0.6 is 0 Å². The molecule has 0 aliphatic carbocycles. The highest BCUT2D eigenvalue weighted by Crippen LogP contribution is 2.23. The molecule has 0 saturated heterocycles. The summed E-state index contributed by atoms with van der Waals surface area (Å²) in [5, 5.41) is 1.79. The lowest BCUT2D eigenvalue weighted by Gasteiger charge is -2.13. The second kappa shape index (κ2) is 7.67. The summed E-state index contributed by atoms with van der Waals surface area (Å²) in [4.78, 5) is 17.4. The Balaban J connectivity index is 1.53. The van der Waals surface area contributed by atoms with Gasteiger partial charge in [0.1, 0.15) is 12.4 Å². The highest BCUT2D eigenvalue weighted by Gasteiger charge is 2.30. The predicted molar refractivity (Wildman–Crippen MR) is 112 cm³/mol. The lowest BCUT2D eigenvalue weighted by molar-refractivity contribution is 0.0483. The Labute approximate surface area is 169 Å². The number of nitrogens with zero attached hydrogens (tertiary/aromatic N) is 1. The molecule has 1 aliphatic heterocycles. The van der Waals surface area contributed by atoms with Crippen LogP contribution in [0.2, 0.25) is 0 Å². The molecule has 148 valence electrons. The predicted octanol–water partition coefficient (Wildman–Crippen LogP) is 3.51. The second-order valence-electron chi connectivity index (χ2n) is 6.77. The summed E-state index contributed by atoms with van der Waals surface area (Å²) in [6.07, 6.45) is 0.593. The van der Waals surface area contributed by atoms with Gasteiger partial charge in [-0.15, -0.1) is 0 Å². The topological polar surface area (TPSA) is 84.8 Å². The molecule has 1 heterocycles. The molecule has 3 aromatic rings. The maximum absolute atomic E-state index is 12.6. The fourth-order valence-corrected chi connectivity index (χ4v) is 4.55. The Morgan fingerprint density at radius 1 is 1.03 bits per heavy atom. The average Bonchev–Trinajstić information content (AvgIpc) is 3.00. The molecule has 0 spiro atoms. The van der Waals surface area contributed by atoms with Crippen molar-refractivity contribution in [2.24, 2.45) is 4.99 Å². The molecule has 1 atom stereocenters. The standard InChI is InChI=1S/C22H20N2O4S/c1-2-16(23-21-19-11-5-6-13-20(19)29(26,27)24-21)14-28-22(25)18-12-7-9-15-8-3-4-10-17(15)18/h3-13,16H,2,14H2,1H3,(H,23,24). The smallest absolute Gasteiger partial charge is 0.338 e. The van der Waals surface area contributed by atoms with Crippen LogP contribution in [0.5, 0.6) is 0 Å².